The number of benzene rings is 2. The van der Waals surface area contributed by atoms with Gasteiger partial charge in [0.2, 0.25) is 5.91 Å². The molecule has 1 aliphatic rings. The number of rotatable bonds is 7. The predicted octanol–water partition coefficient (Wildman–Crippen LogP) is 4.39. The van der Waals surface area contributed by atoms with Crippen LogP contribution in [0.1, 0.15) is 4.88 Å². The number of anilines is 2. The van der Waals surface area contributed by atoms with Gasteiger partial charge in [0.05, 0.1) is 18.7 Å². The first-order chi connectivity index (χ1) is 14.6. The normalized spacial score (nSPS) is 12.8. The molecule has 0 fully saturated rings. The quantitative estimate of drug-likeness (QED) is 0.589. The monoisotopic (exact) mass is 442 g/mol. The second-order valence-electron chi connectivity index (χ2n) is 6.62. The highest BCUT2D eigenvalue weighted by molar-refractivity contribution is 7.10. The third-order valence-corrected chi connectivity index (χ3v) is 5.63. The van der Waals surface area contributed by atoms with Crippen LogP contribution in [0.15, 0.2) is 60.0 Å². The minimum absolute atomic E-state index is 0.0297. The molecule has 1 aromatic heterocycles. The van der Waals surface area contributed by atoms with E-state index < -0.39 is 0 Å². The van der Waals surface area contributed by atoms with Crippen LogP contribution in [0.3, 0.4) is 0 Å². The highest BCUT2D eigenvalue weighted by Gasteiger charge is 2.26. The smallest absolute Gasteiger partial charge is 0.265 e. The number of nitrogens with one attached hydrogen (secondary N) is 1. The van der Waals surface area contributed by atoms with Crippen LogP contribution < -0.4 is 19.7 Å². The number of thiophene rings is 1. The second kappa shape index (κ2) is 9.19. The molecule has 1 N–H and O–H groups in total. The Bertz CT molecular complexity index is 1040. The molecule has 0 spiro atoms. The Morgan fingerprint density at radius 3 is 2.80 bits per heavy atom. The third-order valence-electron chi connectivity index (χ3n) is 4.50. The molecule has 154 valence electrons. The van der Waals surface area contributed by atoms with Crippen LogP contribution in [0, 0.1) is 0 Å². The fourth-order valence-corrected chi connectivity index (χ4v) is 3.92. The number of amides is 2. The lowest BCUT2D eigenvalue weighted by molar-refractivity contribution is -0.121. The summed E-state index contributed by atoms with van der Waals surface area (Å²) < 4.78 is 11.2. The lowest BCUT2D eigenvalue weighted by Gasteiger charge is -2.29. The van der Waals surface area contributed by atoms with Gasteiger partial charge in [-0.05, 0) is 53.9 Å². The molecule has 0 saturated carbocycles. The van der Waals surface area contributed by atoms with Crippen molar-refractivity contribution in [3.8, 4) is 11.5 Å². The maximum absolute atomic E-state index is 12.4. The van der Waals surface area contributed by atoms with Gasteiger partial charge in [0, 0.05) is 15.6 Å². The Kier molecular flexibility index (Phi) is 6.21. The van der Waals surface area contributed by atoms with E-state index in [9.17, 15) is 9.59 Å². The Morgan fingerprint density at radius 1 is 1.20 bits per heavy atom. The number of hydrogen-bond donors (Lipinski definition) is 1. The van der Waals surface area contributed by atoms with Gasteiger partial charge < -0.3 is 19.7 Å². The van der Waals surface area contributed by atoms with Crippen LogP contribution >= 0.6 is 22.9 Å². The first-order valence-electron chi connectivity index (χ1n) is 9.36. The molecule has 2 amide bonds. The first kappa shape index (κ1) is 20.3. The molecule has 0 atom stereocenters. The highest BCUT2D eigenvalue weighted by atomic mass is 35.5. The summed E-state index contributed by atoms with van der Waals surface area (Å²) in [5, 5.41) is 5.46. The summed E-state index contributed by atoms with van der Waals surface area (Å²) in [4.78, 5) is 27.3. The summed E-state index contributed by atoms with van der Waals surface area (Å²) in [6.07, 6.45) is 0.308. The minimum Gasteiger partial charge on any atom is -0.492 e. The summed E-state index contributed by atoms with van der Waals surface area (Å²) >= 11 is 7.42. The van der Waals surface area contributed by atoms with E-state index in [1.165, 1.54) is 11.3 Å². The topological polar surface area (TPSA) is 67.9 Å². The van der Waals surface area contributed by atoms with Gasteiger partial charge in [0.1, 0.15) is 18.1 Å². The Morgan fingerprint density at radius 2 is 2.03 bits per heavy atom. The average molecular weight is 443 g/mol. The molecular weight excluding hydrogens is 424 g/mol. The second-order valence-corrected chi connectivity index (χ2v) is 8.09. The van der Waals surface area contributed by atoms with Crippen molar-refractivity contribution in [2.45, 2.75) is 6.42 Å². The molecule has 2 aromatic carbocycles. The molecule has 1 aliphatic heterocycles. The fourth-order valence-electron chi connectivity index (χ4n) is 3.09. The molecule has 8 heteroatoms. The maximum atomic E-state index is 12.4. The Labute approximate surface area is 183 Å². The van der Waals surface area contributed by atoms with Gasteiger partial charge in [0.15, 0.2) is 6.61 Å². The highest BCUT2D eigenvalue weighted by Crippen LogP contribution is 2.34. The number of ether oxygens (including phenoxy) is 2. The van der Waals surface area contributed by atoms with Crippen molar-refractivity contribution in [2.75, 3.05) is 30.0 Å². The van der Waals surface area contributed by atoms with Crippen molar-refractivity contribution in [1.82, 2.24) is 0 Å². The molecule has 4 rings (SSSR count). The van der Waals surface area contributed by atoms with E-state index in [0.717, 1.165) is 4.88 Å². The van der Waals surface area contributed by atoms with Gasteiger partial charge in [-0.1, -0.05) is 17.7 Å². The van der Waals surface area contributed by atoms with Gasteiger partial charge in [-0.15, -0.1) is 11.3 Å². The number of nitrogens with zero attached hydrogens (tertiary/aromatic N) is 1. The van der Waals surface area contributed by atoms with Crippen LogP contribution in [0.5, 0.6) is 11.5 Å². The molecular formula is C22H19ClN2O4S. The summed E-state index contributed by atoms with van der Waals surface area (Å²) in [5.41, 5.74) is 1.22. The standard InChI is InChI=1S/C22H19ClN2O4S/c23-15-3-6-17(7-4-15)28-10-9-25-19-12-16(5-8-20(19)29-14-22(25)27)24-21(26)13-18-2-1-11-30-18/h1-8,11-12H,9-10,13-14H2,(H,24,26). The molecule has 6 nitrogen and oxygen atoms in total. The number of carbonyl (C=O) groups excluding carboxylic acids is 2. The molecule has 0 bridgehead atoms. The SMILES string of the molecule is O=C(Cc1cccs1)Nc1ccc2c(c1)N(CCOc1ccc(Cl)cc1)C(=O)CO2. The van der Waals surface area contributed by atoms with Crippen molar-refractivity contribution < 1.29 is 19.1 Å². The van der Waals surface area contributed by atoms with Crippen LogP contribution in [0.2, 0.25) is 5.02 Å². The van der Waals surface area contributed by atoms with E-state index in [0.29, 0.717) is 47.5 Å². The zero-order valence-electron chi connectivity index (χ0n) is 16.0. The summed E-state index contributed by atoms with van der Waals surface area (Å²) in [6, 6.07) is 16.2. The van der Waals surface area contributed by atoms with E-state index in [2.05, 4.69) is 5.32 Å². The molecule has 0 saturated heterocycles. The van der Waals surface area contributed by atoms with Crippen LogP contribution in [-0.4, -0.2) is 31.6 Å². The maximum Gasteiger partial charge on any atom is 0.265 e. The third kappa shape index (κ3) is 4.93. The van der Waals surface area contributed by atoms with Gasteiger partial charge in [-0.2, -0.15) is 0 Å². The molecule has 3 aromatic rings. The summed E-state index contributed by atoms with van der Waals surface area (Å²) in [7, 11) is 0. The Hall–Kier alpha value is -3.03. The van der Waals surface area contributed by atoms with E-state index in [1.54, 1.807) is 47.4 Å². The van der Waals surface area contributed by atoms with E-state index in [4.69, 9.17) is 21.1 Å². The molecule has 2 heterocycles. The summed E-state index contributed by atoms with van der Waals surface area (Å²) in [5.74, 6) is 0.995. The lowest BCUT2D eigenvalue weighted by Crippen LogP contribution is -2.41. The van der Waals surface area contributed by atoms with E-state index in [1.807, 2.05) is 17.5 Å². The van der Waals surface area contributed by atoms with Crippen LogP contribution in [0.4, 0.5) is 11.4 Å². The zero-order valence-corrected chi connectivity index (χ0v) is 17.5. The molecule has 0 unspecified atom stereocenters. The average Bonchev–Trinajstić information content (AvgIpc) is 3.24. The predicted molar refractivity (Wildman–Crippen MR) is 118 cm³/mol. The van der Waals surface area contributed by atoms with Crippen molar-refractivity contribution in [1.29, 1.82) is 0 Å². The van der Waals surface area contributed by atoms with E-state index in [-0.39, 0.29) is 18.4 Å². The summed E-state index contributed by atoms with van der Waals surface area (Å²) in [6.45, 7) is 0.629. The van der Waals surface area contributed by atoms with Crippen LogP contribution in [-0.2, 0) is 16.0 Å². The van der Waals surface area contributed by atoms with Crippen molar-refractivity contribution in [3.63, 3.8) is 0 Å². The van der Waals surface area contributed by atoms with Crippen molar-refractivity contribution in [3.05, 3.63) is 69.9 Å². The lowest BCUT2D eigenvalue weighted by atomic mass is 10.2. The number of hydrogen-bond acceptors (Lipinski definition) is 5. The fraction of sp³-hybridized carbons (Fsp3) is 0.182. The van der Waals surface area contributed by atoms with Crippen molar-refractivity contribution in [2.24, 2.45) is 0 Å². The van der Waals surface area contributed by atoms with Crippen molar-refractivity contribution >= 4 is 46.1 Å². The van der Waals surface area contributed by atoms with Gasteiger partial charge in [-0.25, -0.2) is 0 Å². The van der Waals surface area contributed by atoms with E-state index >= 15 is 0 Å². The van der Waals surface area contributed by atoms with Gasteiger partial charge in [0.25, 0.3) is 5.91 Å². The first-order valence-corrected chi connectivity index (χ1v) is 10.6. The molecule has 0 radical (unpaired) electrons. The largest absolute Gasteiger partial charge is 0.492 e. The zero-order chi connectivity index (χ0) is 20.9. The van der Waals surface area contributed by atoms with Crippen LogP contribution in [0.25, 0.3) is 0 Å². The molecule has 30 heavy (non-hydrogen) atoms. The number of carbonyl (C=O) groups is 2. The molecule has 0 aliphatic carbocycles. The number of fused-ring (bicyclic) bond motifs is 1. The van der Waals surface area contributed by atoms with Gasteiger partial charge in [-0.3, -0.25) is 9.59 Å². The Balaban J connectivity index is 1.43. The van der Waals surface area contributed by atoms with Gasteiger partial charge >= 0.3 is 0 Å². The number of halogens is 1. The minimum atomic E-state index is -0.163.